The van der Waals surface area contributed by atoms with Crippen LogP contribution in [0.15, 0.2) is 43.0 Å². The molecule has 0 aliphatic rings. The number of esters is 1. The van der Waals surface area contributed by atoms with Gasteiger partial charge in [-0.2, -0.15) is 5.06 Å². The van der Waals surface area contributed by atoms with Crippen LogP contribution in [-0.4, -0.2) is 34.6 Å². The average Bonchev–Trinajstić information content (AvgIpc) is 2.49. The molecule has 6 nitrogen and oxygen atoms in total. The maximum atomic E-state index is 12.4. The molecule has 6 heteroatoms. The van der Waals surface area contributed by atoms with E-state index in [-0.39, 0.29) is 12.0 Å². The van der Waals surface area contributed by atoms with Crippen molar-refractivity contribution in [2.45, 2.75) is 45.8 Å². The Hall–Kier alpha value is -2.63. The minimum Gasteiger partial charge on any atom is -0.458 e. The Morgan fingerprint density at radius 2 is 1.79 bits per heavy atom. The third-order valence-corrected chi connectivity index (χ3v) is 2.85. The fourth-order valence-corrected chi connectivity index (χ4v) is 1.88. The van der Waals surface area contributed by atoms with Gasteiger partial charge in [0.25, 0.3) is 5.91 Å². The first-order chi connectivity index (χ1) is 11.2. The molecule has 0 N–H and O–H groups in total. The molecule has 0 radical (unpaired) electrons. The van der Waals surface area contributed by atoms with E-state index in [2.05, 4.69) is 6.58 Å². The van der Waals surface area contributed by atoms with Crippen LogP contribution in [0.2, 0.25) is 0 Å². The van der Waals surface area contributed by atoms with E-state index >= 15 is 0 Å². The lowest BCUT2D eigenvalue weighted by atomic mass is 10.1. The zero-order valence-corrected chi connectivity index (χ0v) is 14.4. The lowest BCUT2D eigenvalue weighted by Crippen LogP contribution is -2.47. The van der Waals surface area contributed by atoms with Crippen LogP contribution in [0.25, 0.3) is 0 Å². The van der Waals surface area contributed by atoms with Crippen molar-refractivity contribution < 1.29 is 24.0 Å². The van der Waals surface area contributed by atoms with Gasteiger partial charge in [0.05, 0.1) is 5.56 Å². The van der Waals surface area contributed by atoms with E-state index in [1.807, 2.05) is 0 Å². The second-order valence-corrected chi connectivity index (χ2v) is 6.16. The normalized spacial score (nSPS) is 12.0. The van der Waals surface area contributed by atoms with E-state index in [1.165, 1.54) is 13.0 Å². The van der Waals surface area contributed by atoms with Gasteiger partial charge in [0.2, 0.25) is 0 Å². The van der Waals surface area contributed by atoms with Crippen LogP contribution in [0.1, 0.15) is 44.5 Å². The minimum absolute atomic E-state index is 0.0938. The third kappa shape index (κ3) is 5.87. The molecule has 24 heavy (non-hydrogen) atoms. The number of amides is 1. The highest BCUT2D eigenvalue weighted by molar-refractivity contribution is 5.91. The number of ether oxygens (including phenoxy) is 1. The molecular formula is C18H23NO5. The Kier molecular flexibility index (Phi) is 6.70. The molecule has 1 atom stereocenters. The summed E-state index contributed by atoms with van der Waals surface area (Å²) in [6.07, 6.45) is 1.55. The zero-order chi connectivity index (χ0) is 18.3. The van der Waals surface area contributed by atoms with E-state index in [0.717, 1.165) is 5.06 Å². The van der Waals surface area contributed by atoms with Gasteiger partial charge in [-0.3, -0.25) is 4.79 Å². The second kappa shape index (κ2) is 8.29. The second-order valence-electron chi connectivity index (χ2n) is 6.16. The molecule has 0 saturated heterocycles. The van der Waals surface area contributed by atoms with E-state index < -0.39 is 29.5 Å². The van der Waals surface area contributed by atoms with Crippen molar-refractivity contribution in [3.8, 4) is 0 Å². The van der Waals surface area contributed by atoms with Gasteiger partial charge in [0, 0.05) is 6.92 Å². The Morgan fingerprint density at radius 1 is 1.21 bits per heavy atom. The van der Waals surface area contributed by atoms with Crippen LogP contribution < -0.4 is 0 Å². The molecule has 0 spiro atoms. The minimum atomic E-state index is -1.09. The van der Waals surface area contributed by atoms with Crippen LogP contribution in [0.5, 0.6) is 0 Å². The molecule has 0 aliphatic heterocycles. The molecule has 1 unspecified atom stereocenters. The predicted molar refractivity (Wildman–Crippen MR) is 88.8 cm³/mol. The van der Waals surface area contributed by atoms with Crippen LogP contribution in [-0.2, 0) is 19.2 Å². The molecule has 1 aromatic carbocycles. The van der Waals surface area contributed by atoms with Crippen molar-refractivity contribution in [3.05, 3.63) is 48.6 Å². The molecule has 0 fully saturated rings. The van der Waals surface area contributed by atoms with Gasteiger partial charge in [0.1, 0.15) is 5.60 Å². The SMILES string of the molecule is C=CCC(C(=O)OC(C)(C)C)N(OC(=O)c1ccccc1)C(C)=O. The van der Waals surface area contributed by atoms with Crippen molar-refractivity contribution in [1.29, 1.82) is 0 Å². The highest BCUT2D eigenvalue weighted by atomic mass is 16.7. The van der Waals surface area contributed by atoms with Crippen LogP contribution in [0, 0.1) is 0 Å². The Bertz CT molecular complexity index is 604. The summed E-state index contributed by atoms with van der Waals surface area (Å²) in [6.45, 7) is 9.92. The van der Waals surface area contributed by atoms with Crippen LogP contribution >= 0.6 is 0 Å². The highest BCUT2D eigenvalue weighted by Crippen LogP contribution is 2.16. The molecule has 0 saturated carbocycles. The molecule has 0 aliphatic carbocycles. The van der Waals surface area contributed by atoms with E-state index in [0.29, 0.717) is 0 Å². The van der Waals surface area contributed by atoms with Crippen molar-refractivity contribution in [2.75, 3.05) is 0 Å². The number of hydrogen-bond acceptors (Lipinski definition) is 5. The number of hydrogen-bond donors (Lipinski definition) is 0. The van der Waals surface area contributed by atoms with Gasteiger partial charge >= 0.3 is 11.9 Å². The van der Waals surface area contributed by atoms with Crippen molar-refractivity contribution in [1.82, 2.24) is 5.06 Å². The Labute approximate surface area is 142 Å². The number of rotatable bonds is 5. The van der Waals surface area contributed by atoms with Gasteiger partial charge < -0.3 is 9.57 Å². The van der Waals surface area contributed by atoms with Crippen LogP contribution in [0.3, 0.4) is 0 Å². The average molecular weight is 333 g/mol. The van der Waals surface area contributed by atoms with Gasteiger partial charge in [0.15, 0.2) is 6.04 Å². The summed E-state index contributed by atoms with van der Waals surface area (Å²) in [4.78, 5) is 41.6. The van der Waals surface area contributed by atoms with Gasteiger partial charge in [-0.1, -0.05) is 24.3 Å². The molecular weight excluding hydrogens is 310 g/mol. The first-order valence-electron chi connectivity index (χ1n) is 7.56. The fourth-order valence-electron chi connectivity index (χ4n) is 1.88. The number of carbonyl (C=O) groups excluding carboxylic acids is 3. The van der Waals surface area contributed by atoms with E-state index in [4.69, 9.17) is 9.57 Å². The Morgan fingerprint density at radius 3 is 2.25 bits per heavy atom. The smallest absolute Gasteiger partial charge is 0.363 e. The van der Waals surface area contributed by atoms with Crippen molar-refractivity contribution >= 4 is 17.8 Å². The molecule has 0 heterocycles. The van der Waals surface area contributed by atoms with Crippen molar-refractivity contribution in [3.63, 3.8) is 0 Å². The van der Waals surface area contributed by atoms with E-state index in [1.54, 1.807) is 51.1 Å². The number of hydroxylamine groups is 2. The maximum Gasteiger partial charge on any atom is 0.363 e. The number of benzene rings is 1. The third-order valence-electron chi connectivity index (χ3n) is 2.85. The summed E-state index contributed by atoms with van der Waals surface area (Å²) in [5.41, 5.74) is -0.465. The molecule has 0 bridgehead atoms. The molecule has 1 aromatic rings. The van der Waals surface area contributed by atoms with E-state index in [9.17, 15) is 14.4 Å². The largest absolute Gasteiger partial charge is 0.458 e. The highest BCUT2D eigenvalue weighted by Gasteiger charge is 2.34. The lowest BCUT2D eigenvalue weighted by Gasteiger charge is -2.29. The zero-order valence-electron chi connectivity index (χ0n) is 14.4. The quantitative estimate of drug-likeness (QED) is 0.471. The molecule has 1 amide bonds. The summed E-state index contributed by atoms with van der Waals surface area (Å²) in [5.74, 6) is -1.99. The number of nitrogens with zero attached hydrogens (tertiary/aromatic N) is 1. The molecule has 130 valence electrons. The summed E-state index contributed by atoms with van der Waals surface area (Å²) >= 11 is 0. The predicted octanol–water partition coefficient (Wildman–Crippen LogP) is 2.89. The monoisotopic (exact) mass is 333 g/mol. The van der Waals surface area contributed by atoms with Crippen LogP contribution in [0.4, 0.5) is 0 Å². The van der Waals surface area contributed by atoms with Gasteiger partial charge in [-0.25, -0.2) is 9.59 Å². The molecule has 0 aromatic heterocycles. The number of carbonyl (C=O) groups is 3. The van der Waals surface area contributed by atoms with Gasteiger partial charge in [-0.05, 0) is 39.3 Å². The topological polar surface area (TPSA) is 72.9 Å². The Balaban J connectivity index is 3.00. The standard InChI is InChI=1S/C18H23NO5/c1-6-10-15(17(22)23-18(3,4)5)19(13(2)20)24-16(21)14-11-8-7-9-12-14/h6-9,11-12,15H,1,10H2,2-5H3. The molecule has 1 rings (SSSR count). The summed E-state index contributed by atoms with van der Waals surface area (Å²) in [7, 11) is 0. The fraction of sp³-hybridized carbons (Fsp3) is 0.389. The first kappa shape index (κ1) is 19.4. The summed E-state index contributed by atoms with van der Waals surface area (Å²) in [6, 6.07) is 7.11. The maximum absolute atomic E-state index is 12.4. The first-order valence-corrected chi connectivity index (χ1v) is 7.56. The lowest BCUT2D eigenvalue weighted by molar-refractivity contribution is -0.192. The summed E-state index contributed by atoms with van der Waals surface area (Å²) in [5, 5.41) is 0.741. The summed E-state index contributed by atoms with van der Waals surface area (Å²) < 4.78 is 5.30. The van der Waals surface area contributed by atoms with Gasteiger partial charge in [-0.15, -0.1) is 6.58 Å². The van der Waals surface area contributed by atoms with Crippen molar-refractivity contribution in [2.24, 2.45) is 0 Å².